The van der Waals surface area contributed by atoms with Crippen LogP contribution in [0.25, 0.3) is 0 Å². The number of nitrogens with one attached hydrogen (secondary N) is 2. The fourth-order valence-corrected chi connectivity index (χ4v) is 2.82. The van der Waals surface area contributed by atoms with Crippen molar-refractivity contribution in [2.75, 3.05) is 5.32 Å². The number of amides is 1. The molecule has 0 aliphatic rings. The van der Waals surface area contributed by atoms with Crippen molar-refractivity contribution in [3.63, 3.8) is 0 Å². The molecule has 0 aliphatic carbocycles. The van der Waals surface area contributed by atoms with Gasteiger partial charge in [-0.1, -0.05) is 42.1 Å². The van der Waals surface area contributed by atoms with Crippen LogP contribution in [0.15, 0.2) is 76.2 Å². The van der Waals surface area contributed by atoms with Gasteiger partial charge in [-0.3, -0.25) is 9.59 Å². The lowest BCUT2D eigenvalue weighted by molar-refractivity contribution is -0.138. The van der Waals surface area contributed by atoms with Crippen molar-refractivity contribution in [1.82, 2.24) is 5.32 Å². The Morgan fingerprint density at radius 2 is 1.81 bits per heavy atom. The van der Waals surface area contributed by atoms with Gasteiger partial charge < -0.3 is 15.7 Å². The van der Waals surface area contributed by atoms with Gasteiger partial charge in [0.2, 0.25) is 0 Å². The number of benzene rings is 2. The molecule has 0 aromatic heterocycles. The maximum atomic E-state index is 12.3. The zero-order valence-electron chi connectivity index (χ0n) is 14.0. The number of aliphatic carboxylic acids is 1. The molecule has 2 aromatic rings. The summed E-state index contributed by atoms with van der Waals surface area (Å²) in [6, 6.07) is 17.8. The molecule has 26 heavy (non-hydrogen) atoms. The zero-order chi connectivity index (χ0) is 18.9. The van der Waals surface area contributed by atoms with E-state index in [0.717, 1.165) is 16.0 Å². The summed E-state index contributed by atoms with van der Waals surface area (Å²) in [5.74, 6) is -1.69. The normalized spacial score (nSPS) is 11.9. The van der Waals surface area contributed by atoms with Gasteiger partial charge in [0, 0.05) is 16.0 Å². The first-order valence-corrected chi connectivity index (χ1v) is 8.55. The van der Waals surface area contributed by atoms with Gasteiger partial charge >= 0.3 is 5.97 Å². The van der Waals surface area contributed by atoms with Crippen molar-refractivity contribution in [3.8, 4) is 6.07 Å². The summed E-state index contributed by atoms with van der Waals surface area (Å²) in [6.45, 7) is 1.41. The van der Waals surface area contributed by atoms with Crippen LogP contribution in [-0.4, -0.2) is 23.0 Å². The summed E-state index contributed by atoms with van der Waals surface area (Å²) < 4.78 is 0. The highest BCUT2D eigenvalue weighted by molar-refractivity contribution is 7.99. The van der Waals surface area contributed by atoms with Crippen LogP contribution in [0.5, 0.6) is 0 Å². The number of carboxylic acids is 1. The van der Waals surface area contributed by atoms with Gasteiger partial charge in [-0.05, 0) is 31.2 Å². The summed E-state index contributed by atoms with van der Waals surface area (Å²) in [6.07, 6.45) is 1.11. The lowest BCUT2D eigenvalue weighted by atomic mass is 10.2. The van der Waals surface area contributed by atoms with Crippen LogP contribution in [0.4, 0.5) is 5.69 Å². The molecule has 0 heterocycles. The van der Waals surface area contributed by atoms with Crippen molar-refractivity contribution in [2.45, 2.75) is 22.8 Å². The molecule has 3 N–H and O–H groups in total. The van der Waals surface area contributed by atoms with E-state index >= 15 is 0 Å². The van der Waals surface area contributed by atoms with Gasteiger partial charge in [0.15, 0.2) is 0 Å². The smallest absolute Gasteiger partial charge is 0.325 e. The minimum atomic E-state index is -1.08. The molecule has 7 heteroatoms. The Kier molecular flexibility index (Phi) is 6.83. The minimum Gasteiger partial charge on any atom is -0.480 e. The van der Waals surface area contributed by atoms with E-state index in [1.165, 1.54) is 18.7 Å². The predicted molar refractivity (Wildman–Crippen MR) is 99.6 cm³/mol. The number of nitriles is 1. The van der Waals surface area contributed by atoms with Crippen LogP contribution < -0.4 is 10.6 Å². The van der Waals surface area contributed by atoms with E-state index in [4.69, 9.17) is 10.4 Å². The second kappa shape index (κ2) is 9.30. The number of carbonyl (C=O) groups excluding carboxylic acids is 1. The average Bonchev–Trinajstić information content (AvgIpc) is 2.64. The quantitative estimate of drug-likeness (QED) is 0.513. The first kappa shape index (κ1) is 19.1. The molecule has 0 radical (unpaired) electrons. The fourth-order valence-electron chi connectivity index (χ4n) is 1.89. The maximum Gasteiger partial charge on any atom is 0.325 e. The monoisotopic (exact) mass is 367 g/mol. The van der Waals surface area contributed by atoms with Crippen molar-refractivity contribution in [2.24, 2.45) is 0 Å². The van der Waals surface area contributed by atoms with E-state index in [-0.39, 0.29) is 5.57 Å². The molecular formula is C19H17N3O3S. The molecular weight excluding hydrogens is 350 g/mol. The van der Waals surface area contributed by atoms with Gasteiger partial charge in [-0.25, -0.2) is 0 Å². The molecule has 0 aliphatic heterocycles. The topological polar surface area (TPSA) is 102 Å². The Morgan fingerprint density at radius 1 is 1.15 bits per heavy atom. The van der Waals surface area contributed by atoms with E-state index in [1.807, 2.05) is 42.5 Å². The number of carbonyl (C=O) groups is 2. The highest BCUT2D eigenvalue weighted by Gasteiger charge is 2.14. The number of nitrogens with zero attached hydrogens (tertiary/aromatic N) is 1. The third-order valence-corrected chi connectivity index (χ3v) is 4.40. The van der Waals surface area contributed by atoms with Gasteiger partial charge in [-0.2, -0.15) is 5.26 Å². The third kappa shape index (κ3) is 5.40. The Labute approximate surface area is 155 Å². The maximum absolute atomic E-state index is 12.3. The molecule has 2 aromatic carbocycles. The number of hydrogen-bond acceptors (Lipinski definition) is 5. The zero-order valence-corrected chi connectivity index (χ0v) is 14.8. The fraction of sp³-hybridized carbons (Fsp3) is 0.105. The molecule has 0 bridgehead atoms. The molecule has 6 nitrogen and oxygen atoms in total. The van der Waals surface area contributed by atoms with Crippen LogP contribution in [0.3, 0.4) is 0 Å². The molecule has 0 saturated carbocycles. The van der Waals surface area contributed by atoms with E-state index in [1.54, 1.807) is 18.2 Å². The van der Waals surface area contributed by atoms with Crippen molar-refractivity contribution < 1.29 is 14.7 Å². The summed E-state index contributed by atoms with van der Waals surface area (Å²) in [7, 11) is 0. The highest BCUT2D eigenvalue weighted by atomic mass is 32.2. The van der Waals surface area contributed by atoms with Crippen LogP contribution in [0.2, 0.25) is 0 Å². The SMILES string of the molecule is CC(N/C=C(/C#N)C(=O)Nc1ccccc1Sc1ccccc1)C(=O)O. The first-order chi connectivity index (χ1) is 12.5. The highest BCUT2D eigenvalue weighted by Crippen LogP contribution is 2.33. The van der Waals surface area contributed by atoms with E-state index < -0.39 is 17.9 Å². The molecule has 0 spiro atoms. The average molecular weight is 367 g/mol. The van der Waals surface area contributed by atoms with Crippen LogP contribution in [0.1, 0.15) is 6.92 Å². The Bertz CT molecular complexity index is 860. The van der Waals surface area contributed by atoms with Crippen molar-refractivity contribution in [1.29, 1.82) is 5.26 Å². The van der Waals surface area contributed by atoms with E-state index in [9.17, 15) is 9.59 Å². The van der Waals surface area contributed by atoms with Crippen LogP contribution in [0, 0.1) is 11.3 Å². The largest absolute Gasteiger partial charge is 0.480 e. The lowest BCUT2D eigenvalue weighted by Crippen LogP contribution is -2.30. The number of carboxylic acid groups (broad SMARTS) is 1. The summed E-state index contributed by atoms with van der Waals surface area (Å²) in [5, 5.41) is 23.2. The molecule has 0 fully saturated rings. The van der Waals surface area contributed by atoms with Gasteiger partial charge in [-0.15, -0.1) is 0 Å². The van der Waals surface area contributed by atoms with E-state index in [0.29, 0.717) is 5.69 Å². The van der Waals surface area contributed by atoms with E-state index in [2.05, 4.69) is 10.6 Å². The molecule has 0 saturated heterocycles. The first-order valence-electron chi connectivity index (χ1n) is 7.73. The van der Waals surface area contributed by atoms with Crippen molar-refractivity contribution >= 4 is 29.3 Å². The molecule has 2 rings (SSSR count). The predicted octanol–water partition coefficient (Wildman–Crippen LogP) is 3.25. The molecule has 1 unspecified atom stereocenters. The summed E-state index contributed by atoms with van der Waals surface area (Å²) in [5.41, 5.74) is 0.358. The number of rotatable bonds is 7. The van der Waals surface area contributed by atoms with Crippen LogP contribution in [-0.2, 0) is 9.59 Å². The molecule has 1 atom stereocenters. The van der Waals surface area contributed by atoms with Gasteiger partial charge in [0.25, 0.3) is 5.91 Å². The summed E-state index contributed by atoms with van der Waals surface area (Å²) in [4.78, 5) is 25.0. The molecule has 1 amide bonds. The number of anilines is 1. The second-order valence-electron chi connectivity index (χ2n) is 5.26. The number of para-hydroxylation sites is 1. The number of hydrogen-bond donors (Lipinski definition) is 3. The van der Waals surface area contributed by atoms with Crippen LogP contribution >= 0.6 is 11.8 Å². The Morgan fingerprint density at radius 3 is 2.46 bits per heavy atom. The Hall–Kier alpha value is -3.24. The summed E-state index contributed by atoms with van der Waals surface area (Å²) >= 11 is 1.49. The standard InChI is InChI=1S/C19H17N3O3S/c1-13(19(24)25)21-12-14(11-20)18(23)22-16-9-5-6-10-17(16)26-15-7-3-2-4-8-15/h2-10,12-13,21H,1H3,(H,22,23)(H,24,25)/b14-12-. The van der Waals surface area contributed by atoms with Gasteiger partial charge in [0.1, 0.15) is 17.7 Å². The molecule has 132 valence electrons. The third-order valence-electron chi connectivity index (χ3n) is 3.32. The van der Waals surface area contributed by atoms with Crippen molar-refractivity contribution in [3.05, 3.63) is 66.4 Å². The Balaban J connectivity index is 2.14. The second-order valence-corrected chi connectivity index (χ2v) is 6.38. The van der Waals surface area contributed by atoms with Gasteiger partial charge in [0.05, 0.1) is 5.69 Å². The lowest BCUT2D eigenvalue weighted by Gasteiger charge is -2.11. The minimum absolute atomic E-state index is 0.211.